The van der Waals surface area contributed by atoms with E-state index in [1.54, 1.807) is 55.5 Å². The first-order valence-electron chi connectivity index (χ1n) is 12.8. The van der Waals surface area contributed by atoms with Crippen molar-refractivity contribution >= 4 is 50.7 Å². The average Bonchev–Trinajstić information content (AvgIpc) is 2.94. The molecule has 1 N–H and O–H groups in total. The molecule has 0 fully saturated rings. The lowest BCUT2D eigenvalue weighted by Crippen LogP contribution is -2.51. The van der Waals surface area contributed by atoms with Crippen molar-refractivity contribution in [3.05, 3.63) is 94.0 Å². The number of aryl methyl sites for hydroxylation is 1. The summed E-state index contributed by atoms with van der Waals surface area (Å²) in [6.07, 6.45) is 1.51. The van der Waals surface area contributed by atoms with E-state index in [9.17, 15) is 18.0 Å². The Balaban J connectivity index is 2.03. The molecule has 3 aromatic rings. The molecule has 0 aliphatic carbocycles. The van der Waals surface area contributed by atoms with Gasteiger partial charge in [0.1, 0.15) is 12.6 Å². The molecule has 0 heterocycles. The highest BCUT2D eigenvalue weighted by atomic mass is 35.5. The third-order valence-electron chi connectivity index (χ3n) is 6.31. The predicted octanol–water partition coefficient (Wildman–Crippen LogP) is 5.69. The summed E-state index contributed by atoms with van der Waals surface area (Å²) in [5.74, 6) is -0.903. The van der Waals surface area contributed by atoms with Crippen molar-refractivity contribution in [2.75, 3.05) is 17.4 Å². The van der Waals surface area contributed by atoms with Gasteiger partial charge in [0, 0.05) is 23.1 Å². The number of carbonyl (C=O) groups excluding carboxylic acids is 2. The molecule has 1 unspecified atom stereocenters. The first-order chi connectivity index (χ1) is 18.6. The molecule has 1 atom stereocenters. The van der Waals surface area contributed by atoms with Crippen molar-refractivity contribution in [2.45, 2.75) is 51.1 Å². The molecular formula is C29H33Cl2N3O4S. The molecule has 0 bridgehead atoms. The van der Waals surface area contributed by atoms with Crippen LogP contribution in [0.5, 0.6) is 0 Å². The summed E-state index contributed by atoms with van der Waals surface area (Å²) in [6, 6.07) is 19.0. The van der Waals surface area contributed by atoms with Crippen LogP contribution in [-0.2, 0) is 32.6 Å². The lowest BCUT2D eigenvalue weighted by molar-refractivity contribution is -0.139. The number of carbonyl (C=O) groups is 2. The number of nitrogens with zero attached hydrogens (tertiary/aromatic N) is 2. The summed E-state index contributed by atoms with van der Waals surface area (Å²) in [4.78, 5) is 28.2. The maximum Gasteiger partial charge on any atom is 0.264 e. The van der Waals surface area contributed by atoms with Crippen molar-refractivity contribution in [1.29, 1.82) is 0 Å². The lowest BCUT2D eigenvalue weighted by Gasteiger charge is -2.32. The van der Waals surface area contributed by atoms with Crippen LogP contribution in [-0.4, -0.2) is 44.3 Å². The van der Waals surface area contributed by atoms with Crippen molar-refractivity contribution in [3.63, 3.8) is 0 Å². The molecule has 10 heteroatoms. The van der Waals surface area contributed by atoms with Crippen LogP contribution in [0.15, 0.2) is 77.7 Å². The monoisotopic (exact) mass is 589 g/mol. The van der Waals surface area contributed by atoms with Gasteiger partial charge >= 0.3 is 0 Å². The molecule has 2 amide bonds. The van der Waals surface area contributed by atoms with Crippen LogP contribution in [0, 0.1) is 0 Å². The number of rotatable bonds is 12. The summed E-state index contributed by atoms with van der Waals surface area (Å²) in [7, 11) is -4.11. The minimum Gasteiger partial charge on any atom is -0.354 e. The van der Waals surface area contributed by atoms with Gasteiger partial charge in [0.25, 0.3) is 10.0 Å². The highest BCUT2D eigenvalue weighted by Crippen LogP contribution is 2.27. The summed E-state index contributed by atoms with van der Waals surface area (Å²) in [5.41, 5.74) is 1.95. The molecule has 3 rings (SSSR count). The third kappa shape index (κ3) is 7.75. The van der Waals surface area contributed by atoms with Crippen molar-refractivity contribution < 1.29 is 18.0 Å². The predicted molar refractivity (Wildman–Crippen MR) is 157 cm³/mol. The van der Waals surface area contributed by atoms with Crippen molar-refractivity contribution in [3.8, 4) is 0 Å². The van der Waals surface area contributed by atoms with Gasteiger partial charge in [-0.15, -0.1) is 0 Å². The van der Waals surface area contributed by atoms with E-state index in [1.807, 2.05) is 26.0 Å². The minimum atomic E-state index is -4.11. The van der Waals surface area contributed by atoms with Crippen molar-refractivity contribution in [1.82, 2.24) is 10.2 Å². The van der Waals surface area contributed by atoms with E-state index in [-0.39, 0.29) is 17.3 Å². The smallest absolute Gasteiger partial charge is 0.264 e. The van der Waals surface area contributed by atoms with E-state index in [0.29, 0.717) is 27.8 Å². The number of halogens is 2. The molecule has 3 aromatic carbocycles. The zero-order valence-electron chi connectivity index (χ0n) is 22.2. The molecule has 0 aromatic heterocycles. The highest BCUT2D eigenvalue weighted by Gasteiger charge is 2.32. The Morgan fingerprint density at radius 3 is 2.21 bits per heavy atom. The van der Waals surface area contributed by atoms with Crippen LogP contribution in [0.4, 0.5) is 5.69 Å². The van der Waals surface area contributed by atoms with E-state index in [0.717, 1.165) is 22.7 Å². The zero-order chi connectivity index (χ0) is 28.6. The van der Waals surface area contributed by atoms with E-state index in [2.05, 4.69) is 5.32 Å². The first kappa shape index (κ1) is 30.5. The molecule has 0 saturated heterocycles. The summed E-state index contributed by atoms with van der Waals surface area (Å²) >= 11 is 12.5. The number of hydrogen-bond acceptors (Lipinski definition) is 4. The SMILES string of the molecule is CCCNC(=O)C(C)N(Cc1ccc(Cl)cc1Cl)C(=O)CN(c1ccc(CC)cc1)S(=O)(=O)c1ccccc1. The second-order valence-corrected chi connectivity index (χ2v) is 11.8. The van der Waals surface area contributed by atoms with Crippen LogP contribution in [0.2, 0.25) is 10.0 Å². The molecule has 39 heavy (non-hydrogen) atoms. The fourth-order valence-electron chi connectivity index (χ4n) is 3.96. The van der Waals surface area contributed by atoms with Gasteiger partial charge in [-0.25, -0.2) is 8.42 Å². The second kappa shape index (κ2) is 13.8. The summed E-state index contributed by atoms with van der Waals surface area (Å²) < 4.78 is 28.6. The Labute approximate surface area is 240 Å². The maximum atomic E-state index is 13.9. The molecule has 7 nitrogen and oxygen atoms in total. The quantitative estimate of drug-likeness (QED) is 0.294. The number of nitrogens with one attached hydrogen (secondary N) is 1. The van der Waals surface area contributed by atoms with Gasteiger partial charge in [0.05, 0.1) is 10.6 Å². The molecule has 0 aliphatic heterocycles. The van der Waals surface area contributed by atoms with Gasteiger partial charge in [0.15, 0.2) is 0 Å². The highest BCUT2D eigenvalue weighted by molar-refractivity contribution is 7.92. The summed E-state index contributed by atoms with van der Waals surface area (Å²) in [5, 5.41) is 3.59. The van der Waals surface area contributed by atoms with Crippen LogP contribution in [0.3, 0.4) is 0 Å². The van der Waals surface area contributed by atoms with Crippen LogP contribution >= 0.6 is 23.2 Å². The van der Waals surface area contributed by atoms with Crippen molar-refractivity contribution in [2.24, 2.45) is 0 Å². The van der Waals surface area contributed by atoms with Crippen LogP contribution < -0.4 is 9.62 Å². The molecule has 0 aliphatic rings. The van der Waals surface area contributed by atoms with Gasteiger partial charge in [-0.05, 0) is 67.3 Å². The second-order valence-electron chi connectivity index (χ2n) is 9.07. The Bertz CT molecular complexity index is 1380. The molecule has 208 valence electrons. The van der Waals surface area contributed by atoms with E-state index in [4.69, 9.17) is 23.2 Å². The van der Waals surface area contributed by atoms with Gasteiger partial charge in [-0.2, -0.15) is 0 Å². The van der Waals surface area contributed by atoms with E-state index in [1.165, 1.54) is 17.0 Å². The fraction of sp³-hybridized carbons (Fsp3) is 0.310. The fourth-order valence-corrected chi connectivity index (χ4v) is 5.86. The van der Waals surface area contributed by atoms with Gasteiger partial charge in [0.2, 0.25) is 11.8 Å². The van der Waals surface area contributed by atoms with Gasteiger partial charge in [-0.1, -0.05) is 73.4 Å². The summed E-state index contributed by atoms with van der Waals surface area (Å²) in [6.45, 7) is 5.46. The standard InChI is InChI=1S/C29H33Cl2N3O4S/c1-4-17-32-29(36)21(3)33(19-23-13-14-24(30)18-27(23)31)28(35)20-34(25-15-11-22(5-2)12-16-25)39(37,38)26-9-7-6-8-10-26/h6-16,18,21H,4-5,17,19-20H2,1-3H3,(H,32,36). The normalized spacial score (nSPS) is 12.0. The largest absolute Gasteiger partial charge is 0.354 e. The number of amides is 2. The van der Waals surface area contributed by atoms with Crippen LogP contribution in [0.25, 0.3) is 0 Å². The average molecular weight is 591 g/mol. The Kier molecular flexibility index (Phi) is 10.8. The lowest BCUT2D eigenvalue weighted by atomic mass is 10.1. The minimum absolute atomic E-state index is 0.0104. The molecule has 0 radical (unpaired) electrons. The Morgan fingerprint density at radius 1 is 0.949 bits per heavy atom. The Hall–Kier alpha value is -3.07. The third-order valence-corrected chi connectivity index (χ3v) is 8.69. The van der Waals surface area contributed by atoms with Gasteiger partial charge in [-0.3, -0.25) is 13.9 Å². The number of anilines is 1. The topological polar surface area (TPSA) is 86.8 Å². The number of sulfonamides is 1. The zero-order valence-corrected chi connectivity index (χ0v) is 24.6. The maximum absolute atomic E-state index is 13.9. The Morgan fingerprint density at radius 2 is 1.62 bits per heavy atom. The van der Waals surface area contributed by atoms with Crippen LogP contribution in [0.1, 0.15) is 38.3 Å². The molecular weight excluding hydrogens is 557 g/mol. The molecule has 0 saturated carbocycles. The first-order valence-corrected chi connectivity index (χ1v) is 15.0. The van der Waals surface area contributed by atoms with E-state index >= 15 is 0 Å². The number of benzene rings is 3. The molecule has 0 spiro atoms. The number of hydrogen-bond donors (Lipinski definition) is 1. The van der Waals surface area contributed by atoms with E-state index < -0.39 is 28.5 Å². The van der Waals surface area contributed by atoms with Gasteiger partial charge < -0.3 is 10.2 Å².